The summed E-state index contributed by atoms with van der Waals surface area (Å²) in [6.45, 7) is 6.38. The molecule has 78 valence electrons. The molecule has 0 radical (unpaired) electrons. The zero-order chi connectivity index (χ0) is 10.8. The second-order valence-electron chi connectivity index (χ2n) is 4.26. The Morgan fingerprint density at radius 3 is 2.50 bits per heavy atom. The van der Waals surface area contributed by atoms with E-state index >= 15 is 0 Å². The lowest BCUT2D eigenvalue weighted by Crippen LogP contribution is -2.16. The van der Waals surface area contributed by atoms with Crippen molar-refractivity contribution in [1.82, 2.24) is 0 Å². The molecule has 0 amide bonds. The van der Waals surface area contributed by atoms with Gasteiger partial charge in [-0.1, -0.05) is 44.9 Å². The quantitative estimate of drug-likeness (QED) is 0.692. The lowest BCUT2D eigenvalue weighted by atomic mass is 9.81. The molecule has 14 heavy (non-hydrogen) atoms. The maximum absolute atomic E-state index is 13.2. The van der Waals surface area contributed by atoms with Crippen LogP contribution >= 0.6 is 11.6 Å². The SMILES string of the molecule is CCCC(C)(C)c1ccc(Cl)c(F)c1. The zero-order valence-electron chi connectivity index (χ0n) is 8.90. The predicted molar refractivity (Wildman–Crippen MR) is 59.3 cm³/mol. The van der Waals surface area contributed by atoms with Gasteiger partial charge in [-0.3, -0.25) is 0 Å². The molecule has 0 bridgehead atoms. The van der Waals surface area contributed by atoms with E-state index in [0.717, 1.165) is 18.4 Å². The van der Waals surface area contributed by atoms with Crippen molar-refractivity contribution in [3.8, 4) is 0 Å². The smallest absolute Gasteiger partial charge is 0.142 e. The first-order valence-corrected chi connectivity index (χ1v) is 5.30. The Morgan fingerprint density at radius 2 is 2.00 bits per heavy atom. The molecular formula is C12H16ClF. The number of rotatable bonds is 3. The largest absolute Gasteiger partial charge is 0.205 e. The molecule has 0 aromatic heterocycles. The van der Waals surface area contributed by atoms with Gasteiger partial charge in [0.15, 0.2) is 0 Å². The van der Waals surface area contributed by atoms with Crippen LogP contribution in [0.25, 0.3) is 0 Å². The van der Waals surface area contributed by atoms with Crippen LogP contribution in [0.4, 0.5) is 4.39 Å². The second-order valence-corrected chi connectivity index (χ2v) is 4.67. The van der Waals surface area contributed by atoms with Crippen molar-refractivity contribution in [2.24, 2.45) is 0 Å². The molecule has 0 aliphatic carbocycles. The fraction of sp³-hybridized carbons (Fsp3) is 0.500. The van der Waals surface area contributed by atoms with Gasteiger partial charge in [-0.05, 0) is 29.5 Å². The molecule has 0 saturated carbocycles. The molecule has 0 unspecified atom stereocenters. The summed E-state index contributed by atoms with van der Waals surface area (Å²) in [6.07, 6.45) is 2.14. The molecule has 0 heterocycles. The second kappa shape index (κ2) is 4.31. The fourth-order valence-electron chi connectivity index (χ4n) is 1.69. The van der Waals surface area contributed by atoms with Crippen LogP contribution in [-0.4, -0.2) is 0 Å². The Morgan fingerprint density at radius 1 is 1.36 bits per heavy atom. The Bertz CT molecular complexity index is 318. The molecule has 0 saturated heterocycles. The fourth-order valence-corrected chi connectivity index (χ4v) is 1.80. The molecular weight excluding hydrogens is 199 g/mol. The van der Waals surface area contributed by atoms with Gasteiger partial charge < -0.3 is 0 Å². The summed E-state index contributed by atoms with van der Waals surface area (Å²) in [5, 5.41) is 0.195. The molecule has 1 aromatic carbocycles. The van der Waals surface area contributed by atoms with E-state index < -0.39 is 0 Å². The van der Waals surface area contributed by atoms with E-state index in [0.29, 0.717) is 0 Å². The number of hydrogen-bond acceptors (Lipinski definition) is 0. The van der Waals surface area contributed by atoms with Crippen LogP contribution in [-0.2, 0) is 5.41 Å². The molecule has 0 N–H and O–H groups in total. The predicted octanol–water partition coefficient (Wildman–Crippen LogP) is 4.56. The third-order valence-electron chi connectivity index (χ3n) is 2.58. The summed E-state index contributed by atoms with van der Waals surface area (Å²) in [6, 6.07) is 5.07. The minimum atomic E-state index is -0.326. The third-order valence-corrected chi connectivity index (χ3v) is 2.88. The molecule has 2 heteroatoms. The highest BCUT2D eigenvalue weighted by atomic mass is 35.5. The summed E-state index contributed by atoms with van der Waals surface area (Å²) in [7, 11) is 0. The Balaban J connectivity index is 3.01. The highest BCUT2D eigenvalue weighted by molar-refractivity contribution is 6.30. The standard InChI is InChI=1S/C12H16ClF/c1-4-7-12(2,3)9-5-6-10(13)11(14)8-9/h5-6,8H,4,7H2,1-3H3. The maximum Gasteiger partial charge on any atom is 0.142 e. The van der Waals surface area contributed by atoms with Crippen LogP contribution in [0.15, 0.2) is 18.2 Å². The first-order chi connectivity index (χ1) is 6.47. The van der Waals surface area contributed by atoms with Gasteiger partial charge in [-0.2, -0.15) is 0 Å². The van der Waals surface area contributed by atoms with Crippen molar-refractivity contribution in [3.63, 3.8) is 0 Å². The summed E-state index contributed by atoms with van der Waals surface area (Å²) in [4.78, 5) is 0. The monoisotopic (exact) mass is 214 g/mol. The average Bonchev–Trinajstić information content (AvgIpc) is 2.09. The van der Waals surface area contributed by atoms with Crippen molar-refractivity contribution in [3.05, 3.63) is 34.6 Å². The maximum atomic E-state index is 13.2. The van der Waals surface area contributed by atoms with E-state index in [1.807, 2.05) is 6.07 Å². The van der Waals surface area contributed by atoms with E-state index in [1.54, 1.807) is 6.07 Å². The molecule has 0 nitrogen and oxygen atoms in total. The van der Waals surface area contributed by atoms with Gasteiger partial charge in [0, 0.05) is 0 Å². The van der Waals surface area contributed by atoms with Crippen LogP contribution < -0.4 is 0 Å². The highest BCUT2D eigenvalue weighted by Crippen LogP contribution is 2.30. The van der Waals surface area contributed by atoms with E-state index in [-0.39, 0.29) is 16.3 Å². The first-order valence-electron chi connectivity index (χ1n) is 4.93. The van der Waals surface area contributed by atoms with Gasteiger partial charge in [0.1, 0.15) is 5.82 Å². The van der Waals surface area contributed by atoms with Crippen molar-refractivity contribution < 1.29 is 4.39 Å². The van der Waals surface area contributed by atoms with E-state index in [2.05, 4.69) is 20.8 Å². The Kier molecular flexibility index (Phi) is 3.54. The zero-order valence-corrected chi connectivity index (χ0v) is 9.66. The van der Waals surface area contributed by atoms with Crippen LogP contribution in [0, 0.1) is 5.82 Å². The molecule has 0 atom stereocenters. The number of benzene rings is 1. The normalized spacial score (nSPS) is 11.8. The summed E-state index contributed by atoms with van der Waals surface area (Å²) in [5.74, 6) is -0.326. The Hall–Kier alpha value is -0.560. The van der Waals surface area contributed by atoms with Crippen molar-refractivity contribution >= 4 is 11.6 Å². The van der Waals surface area contributed by atoms with Gasteiger partial charge in [-0.15, -0.1) is 0 Å². The van der Waals surface area contributed by atoms with Gasteiger partial charge in [-0.25, -0.2) is 4.39 Å². The molecule has 1 aromatic rings. The van der Waals surface area contributed by atoms with Gasteiger partial charge in [0.25, 0.3) is 0 Å². The topological polar surface area (TPSA) is 0 Å². The molecule has 0 fully saturated rings. The number of halogens is 2. The summed E-state index contributed by atoms with van der Waals surface area (Å²) < 4.78 is 13.2. The van der Waals surface area contributed by atoms with Crippen LogP contribution in [0.1, 0.15) is 39.2 Å². The highest BCUT2D eigenvalue weighted by Gasteiger charge is 2.20. The van der Waals surface area contributed by atoms with E-state index in [9.17, 15) is 4.39 Å². The number of hydrogen-bond donors (Lipinski definition) is 0. The minimum absolute atomic E-state index is 0.0280. The van der Waals surface area contributed by atoms with Crippen molar-refractivity contribution in [2.45, 2.75) is 39.0 Å². The third kappa shape index (κ3) is 2.48. The lowest BCUT2D eigenvalue weighted by Gasteiger charge is -2.24. The Labute approximate surface area is 90.1 Å². The van der Waals surface area contributed by atoms with Gasteiger partial charge in [0.2, 0.25) is 0 Å². The molecule has 1 rings (SSSR count). The van der Waals surface area contributed by atoms with E-state index in [4.69, 9.17) is 11.6 Å². The van der Waals surface area contributed by atoms with Crippen LogP contribution in [0.2, 0.25) is 5.02 Å². The first kappa shape index (κ1) is 11.5. The lowest BCUT2D eigenvalue weighted by molar-refractivity contribution is 0.469. The van der Waals surface area contributed by atoms with Gasteiger partial charge in [0.05, 0.1) is 5.02 Å². The molecule has 0 aliphatic rings. The summed E-state index contributed by atoms with van der Waals surface area (Å²) in [5.41, 5.74) is 1.04. The van der Waals surface area contributed by atoms with Crippen LogP contribution in [0.3, 0.4) is 0 Å². The molecule has 0 spiro atoms. The van der Waals surface area contributed by atoms with Crippen LogP contribution in [0.5, 0.6) is 0 Å². The van der Waals surface area contributed by atoms with Gasteiger partial charge >= 0.3 is 0 Å². The summed E-state index contributed by atoms with van der Waals surface area (Å²) >= 11 is 5.63. The molecule has 0 aliphatic heterocycles. The van der Waals surface area contributed by atoms with E-state index in [1.165, 1.54) is 6.07 Å². The average molecular weight is 215 g/mol. The minimum Gasteiger partial charge on any atom is -0.205 e. The van der Waals surface area contributed by atoms with Crippen molar-refractivity contribution in [1.29, 1.82) is 0 Å². The van der Waals surface area contributed by atoms with Crippen molar-refractivity contribution in [2.75, 3.05) is 0 Å².